The molecule has 0 aliphatic carbocycles. The van der Waals surface area contributed by atoms with Gasteiger partial charge >= 0.3 is 0 Å². The van der Waals surface area contributed by atoms with Crippen LogP contribution < -0.4 is 9.47 Å². The van der Waals surface area contributed by atoms with Crippen molar-refractivity contribution in [3.63, 3.8) is 0 Å². The van der Waals surface area contributed by atoms with Gasteiger partial charge in [0.2, 0.25) is 0 Å². The molecule has 0 fully saturated rings. The molecule has 2 aromatic carbocycles. The van der Waals surface area contributed by atoms with E-state index in [0.29, 0.717) is 25.5 Å². The lowest BCUT2D eigenvalue weighted by Gasteiger charge is -2.20. The molecule has 0 unspecified atom stereocenters. The van der Waals surface area contributed by atoms with Crippen molar-refractivity contribution >= 4 is 5.91 Å². The molecule has 0 saturated heterocycles. The molecule has 6 nitrogen and oxygen atoms in total. The molecule has 1 N–H and O–H groups in total. The van der Waals surface area contributed by atoms with E-state index in [1.165, 1.54) is 0 Å². The summed E-state index contributed by atoms with van der Waals surface area (Å²) < 4.78 is 16.9. The minimum Gasteiger partial charge on any atom is -0.497 e. The van der Waals surface area contributed by atoms with E-state index in [-0.39, 0.29) is 17.6 Å². The number of amides is 1. The lowest BCUT2D eigenvalue weighted by atomic mass is 9.97. The molecule has 6 heteroatoms. The smallest absolute Gasteiger partial charge is 0.290 e. The summed E-state index contributed by atoms with van der Waals surface area (Å²) in [6.45, 7) is 5.19. The average Bonchev–Trinajstić information content (AvgIpc) is 3.18. The Hall–Kier alpha value is -3.25. The van der Waals surface area contributed by atoms with Crippen LogP contribution in [-0.2, 0) is 6.54 Å². The fraction of sp³-hybridized carbons (Fsp3) is 0.320. The van der Waals surface area contributed by atoms with Gasteiger partial charge in [0.05, 0.1) is 19.8 Å². The molecule has 0 spiro atoms. The Morgan fingerprint density at radius 3 is 2.58 bits per heavy atom. The number of rotatable bonds is 5. The number of fused-ring (bicyclic) bond motifs is 1. The quantitative estimate of drug-likeness (QED) is 0.648. The SMILES string of the molecule is COc1ccc(-c2ccc(C(=O)N3CCOc4ccc([C@@H](O)C(C)C)cc4C3)o2)cc1. The predicted molar refractivity (Wildman–Crippen MR) is 117 cm³/mol. The average molecular weight is 421 g/mol. The maximum atomic E-state index is 13.1. The van der Waals surface area contributed by atoms with Crippen molar-refractivity contribution in [2.45, 2.75) is 26.5 Å². The van der Waals surface area contributed by atoms with E-state index in [4.69, 9.17) is 13.9 Å². The van der Waals surface area contributed by atoms with Gasteiger partial charge in [-0.3, -0.25) is 4.79 Å². The first-order valence-electron chi connectivity index (χ1n) is 10.4. The third-order valence-corrected chi connectivity index (χ3v) is 5.52. The monoisotopic (exact) mass is 421 g/mol. The number of carbonyl (C=O) groups excluding carboxylic acids is 1. The number of ether oxygens (including phenoxy) is 2. The molecular formula is C25H27NO5. The summed E-state index contributed by atoms with van der Waals surface area (Å²) in [7, 11) is 1.62. The van der Waals surface area contributed by atoms with E-state index in [9.17, 15) is 9.90 Å². The summed E-state index contributed by atoms with van der Waals surface area (Å²) in [5.74, 6) is 2.32. The molecule has 1 aliphatic heterocycles. The zero-order chi connectivity index (χ0) is 22.0. The van der Waals surface area contributed by atoms with Crippen LogP contribution in [0.15, 0.2) is 59.0 Å². The van der Waals surface area contributed by atoms with Crippen LogP contribution in [0, 0.1) is 5.92 Å². The lowest BCUT2D eigenvalue weighted by Crippen LogP contribution is -2.32. The van der Waals surface area contributed by atoms with Crippen LogP contribution >= 0.6 is 0 Å². The fourth-order valence-electron chi connectivity index (χ4n) is 3.68. The van der Waals surface area contributed by atoms with Crippen LogP contribution in [0.25, 0.3) is 11.3 Å². The molecule has 3 aromatic rings. The molecule has 0 saturated carbocycles. The standard InChI is InChI=1S/C25H27NO5/c1-16(2)24(27)18-6-9-21-19(14-18)15-26(12-13-30-21)25(28)23-11-10-22(31-23)17-4-7-20(29-3)8-5-17/h4-11,14,16,24,27H,12-13,15H2,1-3H3/t24-/m0/s1. The minimum atomic E-state index is -0.560. The van der Waals surface area contributed by atoms with Crippen LogP contribution in [0.1, 0.15) is 41.6 Å². The Morgan fingerprint density at radius 1 is 1.10 bits per heavy atom. The zero-order valence-electron chi connectivity index (χ0n) is 18.0. The van der Waals surface area contributed by atoms with Crippen LogP contribution in [-0.4, -0.2) is 36.2 Å². The fourth-order valence-corrected chi connectivity index (χ4v) is 3.68. The first-order valence-corrected chi connectivity index (χ1v) is 10.4. The van der Waals surface area contributed by atoms with Crippen molar-refractivity contribution in [3.05, 3.63) is 71.5 Å². The summed E-state index contributed by atoms with van der Waals surface area (Å²) in [5, 5.41) is 10.4. The highest BCUT2D eigenvalue weighted by Gasteiger charge is 2.25. The van der Waals surface area contributed by atoms with Crippen molar-refractivity contribution in [3.8, 4) is 22.8 Å². The summed E-state index contributed by atoms with van der Waals surface area (Å²) in [6.07, 6.45) is -0.560. The molecule has 1 amide bonds. The first-order chi connectivity index (χ1) is 15.0. The lowest BCUT2D eigenvalue weighted by molar-refractivity contribution is 0.0702. The van der Waals surface area contributed by atoms with Gasteiger partial charge in [-0.1, -0.05) is 19.9 Å². The molecule has 1 aliphatic rings. The van der Waals surface area contributed by atoms with Crippen molar-refractivity contribution < 1.29 is 23.8 Å². The van der Waals surface area contributed by atoms with Crippen molar-refractivity contribution in [1.82, 2.24) is 4.90 Å². The third-order valence-electron chi connectivity index (χ3n) is 5.52. The number of hydrogen-bond donors (Lipinski definition) is 1. The van der Waals surface area contributed by atoms with Crippen molar-refractivity contribution in [1.29, 1.82) is 0 Å². The van der Waals surface area contributed by atoms with Crippen LogP contribution in [0.3, 0.4) is 0 Å². The topological polar surface area (TPSA) is 72.1 Å². The minimum absolute atomic E-state index is 0.0991. The Balaban J connectivity index is 1.54. The number of nitrogens with zero attached hydrogens (tertiary/aromatic N) is 1. The molecular weight excluding hydrogens is 394 g/mol. The summed E-state index contributed by atoms with van der Waals surface area (Å²) in [4.78, 5) is 14.9. The highest BCUT2D eigenvalue weighted by atomic mass is 16.5. The first kappa shape index (κ1) is 21.0. The Labute approximate surface area is 182 Å². The van der Waals surface area contributed by atoms with Crippen molar-refractivity contribution in [2.24, 2.45) is 5.92 Å². The molecule has 4 rings (SSSR count). The molecule has 0 bridgehead atoms. The normalized spacial score (nSPS) is 14.5. The van der Waals surface area contributed by atoms with Crippen LogP contribution in [0.2, 0.25) is 0 Å². The molecule has 31 heavy (non-hydrogen) atoms. The summed E-state index contributed by atoms with van der Waals surface area (Å²) in [6, 6.07) is 16.7. The van der Waals surface area contributed by atoms with E-state index in [1.807, 2.05) is 56.3 Å². The van der Waals surface area contributed by atoms with Gasteiger partial charge in [-0.15, -0.1) is 0 Å². The van der Waals surface area contributed by atoms with Gasteiger partial charge in [0.15, 0.2) is 5.76 Å². The number of carbonyl (C=O) groups is 1. The van der Waals surface area contributed by atoms with E-state index >= 15 is 0 Å². The molecule has 0 radical (unpaired) electrons. The number of aliphatic hydroxyl groups excluding tert-OH is 1. The van der Waals surface area contributed by atoms with E-state index < -0.39 is 6.10 Å². The maximum absolute atomic E-state index is 13.1. The number of methoxy groups -OCH3 is 1. The highest BCUT2D eigenvalue weighted by Crippen LogP contribution is 2.30. The van der Waals surface area contributed by atoms with Gasteiger partial charge < -0.3 is 23.9 Å². The Morgan fingerprint density at radius 2 is 1.87 bits per heavy atom. The Bertz CT molecular complexity index is 1050. The van der Waals surface area contributed by atoms with Gasteiger partial charge in [-0.2, -0.15) is 0 Å². The number of aliphatic hydroxyl groups is 1. The molecule has 1 aromatic heterocycles. The summed E-state index contributed by atoms with van der Waals surface area (Å²) in [5.41, 5.74) is 2.58. The second-order valence-corrected chi connectivity index (χ2v) is 8.02. The number of benzene rings is 2. The van der Waals surface area contributed by atoms with Gasteiger partial charge in [0.1, 0.15) is 23.9 Å². The Kier molecular flexibility index (Phi) is 6.00. The van der Waals surface area contributed by atoms with Gasteiger partial charge in [-0.05, 0) is 60.0 Å². The molecule has 1 atom stereocenters. The third kappa shape index (κ3) is 4.44. The summed E-state index contributed by atoms with van der Waals surface area (Å²) >= 11 is 0. The zero-order valence-corrected chi connectivity index (χ0v) is 18.0. The van der Waals surface area contributed by atoms with E-state index in [1.54, 1.807) is 24.1 Å². The van der Waals surface area contributed by atoms with Gasteiger partial charge in [0, 0.05) is 17.7 Å². The van der Waals surface area contributed by atoms with Crippen molar-refractivity contribution in [2.75, 3.05) is 20.3 Å². The van der Waals surface area contributed by atoms with E-state index in [0.717, 1.165) is 28.2 Å². The highest BCUT2D eigenvalue weighted by molar-refractivity contribution is 5.92. The van der Waals surface area contributed by atoms with Gasteiger partial charge in [0.25, 0.3) is 5.91 Å². The number of hydrogen-bond acceptors (Lipinski definition) is 5. The molecule has 2 heterocycles. The van der Waals surface area contributed by atoms with Gasteiger partial charge in [-0.25, -0.2) is 0 Å². The van der Waals surface area contributed by atoms with E-state index in [2.05, 4.69) is 0 Å². The maximum Gasteiger partial charge on any atom is 0.290 e. The second-order valence-electron chi connectivity index (χ2n) is 8.02. The second kappa shape index (κ2) is 8.86. The predicted octanol–water partition coefficient (Wildman–Crippen LogP) is 4.68. The van der Waals surface area contributed by atoms with Crippen LogP contribution in [0.4, 0.5) is 0 Å². The number of furan rings is 1. The largest absolute Gasteiger partial charge is 0.497 e. The van der Waals surface area contributed by atoms with Crippen LogP contribution in [0.5, 0.6) is 11.5 Å². The molecule has 162 valence electrons.